The molecule has 2 rings (SSSR count). The van der Waals surface area contributed by atoms with Gasteiger partial charge in [-0.2, -0.15) is 0 Å². The molecule has 1 aromatic rings. The molecule has 1 heterocycles. The van der Waals surface area contributed by atoms with Crippen LogP contribution < -0.4 is 10.6 Å². The van der Waals surface area contributed by atoms with Crippen molar-refractivity contribution in [3.63, 3.8) is 0 Å². The number of hydrogen-bond donors (Lipinski definition) is 2. The Kier molecular flexibility index (Phi) is 5.79. The third kappa shape index (κ3) is 4.30. The van der Waals surface area contributed by atoms with Crippen molar-refractivity contribution in [3.8, 4) is 0 Å². The number of nitrogens with one attached hydrogen (secondary N) is 2. The highest BCUT2D eigenvalue weighted by atomic mass is 16.5. The highest BCUT2D eigenvalue weighted by molar-refractivity contribution is 5.47. The van der Waals surface area contributed by atoms with Crippen LogP contribution in [-0.2, 0) is 11.3 Å². The van der Waals surface area contributed by atoms with E-state index in [4.69, 9.17) is 4.74 Å². The Bertz CT molecular complexity index is 420. The van der Waals surface area contributed by atoms with Crippen LogP contribution in [0.3, 0.4) is 0 Å². The Morgan fingerprint density at radius 2 is 1.81 bits per heavy atom. The van der Waals surface area contributed by atoms with Crippen LogP contribution in [0.5, 0.6) is 0 Å². The predicted molar refractivity (Wildman–Crippen MR) is 86.6 cm³/mol. The number of anilines is 2. The summed E-state index contributed by atoms with van der Waals surface area (Å²) in [7, 11) is 1.67. The lowest BCUT2D eigenvalue weighted by molar-refractivity contribution is 0.178. The highest BCUT2D eigenvalue weighted by Crippen LogP contribution is 2.40. The molecule has 0 atom stereocenters. The van der Waals surface area contributed by atoms with Gasteiger partial charge in [0.15, 0.2) is 5.82 Å². The highest BCUT2D eigenvalue weighted by Gasteiger charge is 2.31. The molecule has 0 radical (unpaired) electrons. The average molecular weight is 292 g/mol. The van der Waals surface area contributed by atoms with Crippen LogP contribution in [0.15, 0.2) is 6.07 Å². The monoisotopic (exact) mass is 292 g/mol. The van der Waals surface area contributed by atoms with Crippen molar-refractivity contribution in [3.05, 3.63) is 11.9 Å². The van der Waals surface area contributed by atoms with E-state index >= 15 is 0 Å². The van der Waals surface area contributed by atoms with Crippen LogP contribution in [0.25, 0.3) is 0 Å². The Balaban J connectivity index is 2.07. The van der Waals surface area contributed by atoms with Crippen molar-refractivity contribution < 1.29 is 4.74 Å². The molecule has 0 spiro atoms. The van der Waals surface area contributed by atoms with Gasteiger partial charge in [0.25, 0.3) is 0 Å². The van der Waals surface area contributed by atoms with Crippen molar-refractivity contribution in [2.75, 3.05) is 30.8 Å². The van der Waals surface area contributed by atoms with Gasteiger partial charge in [0.1, 0.15) is 18.2 Å². The van der Waals surface area contributed by atoms with Crippen LogP contribution in [-0.4, -0.2) is 30.2 Å². The lowest BCUT2D eigenvalue weighted by atomic mass is 9.83. The molecule has 0 aliphatic heterocycles. The molecule has 5 nitrogen and oxygen atoms in total. The second-order valence-electron chi connectivity index (χ2n) is 5.93. The molecule has 0 amide bonds. The van der Waals surface area contributed by atoms with Crippen molar-refractivity contribution in [2.45, 2.75) is 52.6 Å². The second-order valence-corrected chi connectivity index (χ2v) is 5.93. The quantitative estimate of drug-likeness (QED) is 0.768. The van der Waals surface area contributed by atoms with Gasteiger partial charge in [-0.15, -0.1) is 0 Å². The third-order valence-corrected chi connectivity index (χ3v) is 4.46. The van der Waals surface area contributed by atoms with E-state index in [1.165, 1.54) is 32.1 Å². The summed E-state index contributed by atoms with van der Waals surface area (Å²) in [4.78, 5) is 8.99. The van der Waals surface area contributed by atoms with Gasteiger partial charge in [-0.3, -0.25) is 0 Å². The van der Waals surface area contributed by atoms with E-state index in [1.54, 1.807) is 7.11 Å². The van der Waals surface area contributed by atoms with Gasteiger partial charge in [0, 0.05) is 26.3 Å². The van der Waals surface area contributed by atoms with Gasteiger partial charge in [-0.05, 0) is 31.6 Å². The normalized spacial score (nSPS) is 16.9. The zero-order chi connectivity index (χ0) is 15.1. The van der Waals surface area contributed by atoms with Gasteiger partial charge in [-0.25, -0.2) is 9.97 Å². The molecular formula is C16H28N4O. The van der Waals surface area contributed by atoms with E-state index in [0.29, 0.717) is 12.0 Å². The summed E-state index contributed by atoms with van der Waals surface area (Å²) in [6, 6.07) is 1.99. The first-order valence-corrected chi connectivity index (χ1v) is 8.06. The number of hydrogen-bond acceptors (Lipinski definition) is 5. The van der Waals surface area contributed by atoms with Crippen LogP contribution in [0.1, 0.15) is 51.8 Å². The Hall–Kier alpha value is -1.36. The molecule has 1 saturated carbocycles. The standard InChI is InChI=1S/C16H28N4O/c1-4-16(8-6-7-9-16)12-18-14-10-13(17-5-2)19-15(20-14)11-21-3/h10H,4-9,11-12H2,1-3H3,(H2,17,18,19,20). The van der Waals surface area contributed by atoms with Gasteiger partial charge in [0.05, 0.1) is 0 Å². The largest absolute Gasteiger partial charge is 0.377 e. The van der Waals surface area contributed by atoms with Crippen LogP contribution in [0, 0.1) is 5.41 Å². The maximum Gasteiger partial charge on any atom is 0.158 e. The molecule has 1 aromatic heterocycles. The number of ether oxygens (including phenoxy) is 1. The zero-order valence-electron chi connectivity index (χ0n) is 13.5. The molecule has 1 aliphatic rings. The molecular weight excluding hydrogens is 264 g/mol. The maximum absolute atomic E-state index is 5.15. The van der Waals surface area contributed by atoms with Crippen molar-refractivity contribution in [1.29, 1.82) is 0 Å². The van der Waals surface area contributed by atoms with Crippen molar-refractivity contribution in [2.24, 2.45) is 5.41 Å². The first-order chi connectivity index (χ1) is 10.2. The van der Waals surface area contributed by atoms with E-state index in [9.17, 15) is 0 Å². The SMILES string of the molecule is CCNc1cc(NCC2(CC)CCCC2)nc(COC)n1. The zero-order valence-corrected chi connectivity index (χ0v) is 13.5. The molecule has 5 heteroatoms. The van der Waals surface area contributed by atoms with E-state index < -0.39 is 0 Å². The fraction of sp³-hybridized carbons (Fsp3) is 0.750. The summed E-state index contributed by atoms with van der Waals surface area (Å²) >= 11 is 0. The molecule has 21 heavy (non-hydrogen) atoms. The summed E-state index contributed by atoms with van der Waals surface area (Å²) < 4.78 is 5.15. The second kappa shape index (κ2) is 7.59. The maximum atomic E-state index is 5.15. The molecule has 1 aliphatic carbocycles. The van der Waals surface area contributed by atoms with E-state index in [0.717, 1.165) is 30.5 Å². The fourth-order valence-electron chi connectivity index (χ4n) is 3.11. The molecule has 2 N–H and O–H groups in total. The molecule has 118 valence electrons. The lowest BCUT2D eigenvalue weighted by Crippen LogP contribution is -2.26. The topological polar surface area (TPSA) is 59.1 Å². The number of rotatable bonds is 8. The van der Waals surface area contributed by atoms with E-state index in [2.05, 4.69) is 34.4 Å². The first kappa shape index (κ1) is 16.0. The molecule has 0 bridgehead atoms. The van der Waals surface area contributed by atoms with Crippen LogP contribution in [0.4, 0.5) is 11.6 Å². The van der Waals surface area contributed by atoms with Crippen LogP contribution >= 0.6 is 0 Å². The van der Waals surface area contributed by atoms with Gasteiger partial charge < -0.3 is 15.4 Å². The molecule has 1 fully saturated rings. The fourth-order valence-corrected chi connectivity index (χ4v) is 3.11. The van der Waals surface area contributed by atoms with Crippen molar-refractivity contribution >= 4 is 11.6 Å². The van der Waals surface area contributed by atoms with Crippen LogP contribution in [0.2, 0.25) is 0 Å². The lowest BCUT2D eigenvalue weighted by Gasteiger charge is -2.28. The summed E-state index contributed by atoms with van der Waals surface area (Å²) in [6.45, 7) is 6.65. The Labute approximate surface area is 127 Å². The Morgan fingerprint density at radius 1 is 1.14 bits per heavy atom. The summed E-state index contributed by atoms with van der Waals surface area (Å²) in [6.07, 6.45) is 6.60. The number of nitrogens with zero attached hydrogens (tertiary/aromatic N) is 2. The Morgan fingerprint density at radius 3 is 2.38 bits per heavy atom. The van der Waals surface area contributed by atoms with E-state index in [-0.39, 0.29) is 0 Å². The minimum Gasteiger partial charge on any atom is -0.377 e. The third-order valence-electron chi connectivity index (χ3n) is 4.46. The number of methoxy groups -OCH3 is 1. The van der Waals surface area contributed by atoms with Gasteiger partial charge in [-0.1, -0.05) is 19.8 Å². The molecule has 0 aromatic carbocycles. The minimum absolute atomic E-state index is 0.437. The molecule has 0 unspecified atom stereocenters. The predicted octanol–water partition coefficient (Wildman–Crippen LogP) is 3.44. The first-order valence-electron chi connectivity index (χ1n) is 8.06. The average Bonchev–Trinajstić information content (AvgIpc) is 2.95. The van der Waals surface area contributed by atoms with E-state index in [1.807, 2.05) is 6.07 Å². The summed E-state index contributed by atoms with van der Waals surface area (Å²) in [5.41, 5.74) is 0.449. The van der Waals surface area contributed by atoms with Gasteiger partial charge in [0.2, 0.25) is 0 Å². The number of aromatic nitrogens is 2. The molecule has 0 saturated heterocycles. The summed E-state index contributed by atoms with van der Waals surface area (Å²) in [5.74, 6) is 2.47. The summed E-state index contributed by atoms with van der Waals surface area (Å²) in [5, 5.41) is 6.78. The van der Waals surface area contributed by atoms with Crippen molar-refractivity contribution in [1.82, 2.24) is 9.97 Å². The minimum atomic E-state index is 0.437. The van der Waals surface area contributed by atoms with Gasteiger partial charge >= 0.3 is 0 Å². The smallest absolute Gasteiger partial charge is 0.158 e.